The maximum atomic E-state index is 13.0. The van der Waals surface area contributed by atoms with Crippen LogP contribution >= 0.6 is 15.9 Å². The SMILES string of the molecule is Fc1nc(CBr)c(C(F)(F)F)cc1OC(F)(F)F. The third-order valence-electron chi connectivity index (χ3n) is 1.68. The van der Waals surface area contributed by atoms with Crippen molar-refractivity contribution in [3.05, 3.63) is 23.3 Å². The maximum absolute atomic E-state index is 13.0. The van der Waals surface area contributed by atoms with Crippen LogP contribution in [0.4, 0.5) is 30.7 Å². The summed E-state index contributed by atoms with van der Waals surface area (Å²) in [5.74, 6) is -3.39. The molecule has 0 amide bonds. The average Bonchev–Trinajstić information content (AvgIpc) is 2.16. The highest BCUT2D eigenvalue weighted by molar-refractivity contribution is 9.08. The van der Waals surface area contributed by atoms with E-state index in [1.165, 1.54) is 0 Å². The highest BCUT2D eigenvalue weighted by Gasteiger charge is 2.38. The summed E-state index contributed by atoms with van der Waals surface area (Å²) in [5, 5.41) is -0.467. The van der Waals surface area contributed by atoms with Gasteiger partial charge in [-0.3, -0.25) is 0 Å². The number of halogens is 8. The smallest absolute Gasteiger partial charge is 0.401 e. The van der Waals surface area contributed by atoms with Gasteiger partial charge in [0, 0.05) is 5.33 Å². The molecule has 0 saturated heterocycles. The van der Waals surface area contributed by atoms with Crippen molar-refractivity contribution < 1.29 is 35.5 Å². The number of hydrogen-bond acceptors (Lipinski definition) is 2. The van der Waals surface area contributed by atoms with E-state index in [-0.39, 0.29) is 6.07 Å². The first-order valence-corrected chi connectivity index (χ1v) is 5.25. The molecule has 18 heavy (non-hydrogen) atoms. The Balaban J connectivity index is 3.31. The van der Waals surface area contributed by atoms with Crippen LogP contribution in [0.1, 0.15) is 11.3 Å². The van der Waals surface area contributed by atoms with Gasteiger partial charge in [0.05, 0.1) is 11.3 Å². The molecule has 0 saturated carbocycles. The van der Waals surface area contributed by atoms with Gasteiger partial charge >= 0.3 is 12.5 Å². The molecule has 0 aliphatic heterocycles. The molecule has 102 valence electrons. The van der Waals surface area contributed by atoms with Crippen molar-refractivity contribution in [1.82, 2.24) is 4.98 Å². The van der Waals surface area contributed by atoms with Crippen molar-refractivity contribution in [3.63, 3.8) is 0 Å². The molecule has 0 N–H and O–H groups in total. The molecule has 1 rings (SSSR count). The first-order chi connectivity index (χ1) is 8.04. The summed E-state index contributed by atoms with van der Waals surface area (Å²) in [5.41, 5.74) is -2.27. The molecule has 1 aromatic heterocycles. The topological polar surface area (TPSA) is 22.1 Å². The van der Waals surface area contributed by atoms with E-state index in [0.717, 1.165) is 0 Å². The number of ether oxygens (including phenoxy) is 1. The highest BCUT2D eigenvalue weighted by Crippen LogP contribution is 2.36. The predicted molar refractivity (Wildman–Crippen MR) is 48.5 cm³/mol. The Hall–Kier alpha value is -1.06. The number of pyridine rings is 1. The monoisotopic (exact) mass is 341 g/mol. The minimum absolute atomic E-state index is 0.0770. The third kappa shape index (κ3) is 3.72. The van der Waals surface area contributed by atoms with Gasteiger partial charge in [-0.05, 0) is 6.07 Å². The van der Waals surface area contributed by atoms with Crippen LogP contribution in [0.2, 0.25) is 0 Å². The predicted octanol–water partition coefficient (Wildman–Crippen LogP) is 4.03. The zero-order valence-corrected chi connectivity index (χ0v) is 9.75. The van der Waals surface area contributed by atoms with E-state index in [0.29, 0.717) is 0 Å². The molecule has 1 aromatic rings. The fourth-order valence-electron chi connectivity index (χ4n) is 1.05. The molecule has 2 nitrogen and oxygen atoms in total. The molecular weight excluding hydrogens is 339 g/mol. The second kappa shape index (κ2) is 4.90. The largest absolute Gasteiger partial charge is 0.573 e. The van der Waals surface area contributed by atoms with E-state index < -0.39 is 40.8 Å². The average molecular weight is 342 g/mol. The van der Waals surface area contributed by atoms with Crippen LogP contribution in [-0.2, 0) is 11.5 Å². The van der Waals surface area contributed by atoms with Crippen LogP contribution in [0.15, 0.2) is 6.07 Å². The quantitative estimate of drug-likeness (QED) is 0.460. The lowest BCUT2D eigenvalue weighted by Gasteiger charge is -2.14. The number of nitrogens with zero attached hydrogens (tertiary/aromatic N) is 1. The second-order valence-electron chi connectivity index (χ2n) is 2.95. The number of alkyl halides is 7. The van der Waals surface area contributed by atoms with Crippen molar-refractivity contribution >= 4 is 15.9 Å². The molecule has 1 heterocycles. The summed E-state index contributed by atoms with van der Waals surface area (Å²) in [6.07, 6.45) is -10.3. The van der Waals surface area contributed by atoms with Crippen molar-refractivity contribution in [3.8, 4) is 5.75 Å². The molecule has 0 unspecified atom stereocenters. The van der Waals surface area contributed by atoms with E-state index in [1.807, 2.05) is 0 Å². The number of aromatic nitrogens is 1. The molecule has 0 aliphatic carbocycles. The first kappa shape index (κ1) is 15.0. The van der Waals surface area contributed by atoms with Gasteiger partial charge in [-0.25, -0.2) is 4.98 Å². The molecule has 0 aromatic carbocycles. The van der Waals surface area contributed by atoms with Gasteiger partial charge in [0.1, 0.15) is 0 Å². The Morgan fingerprint density at radius 3 is 2.11 bits per heavy atom. The van der Waals surface area contributed by atoms with Gasteiger partial charge in [-0.1, -0.05) is 15.9 Å². The molecular formula is C8H3BrF7NO. The van der Waals surface area contributed by atoms with E-state index in [2.05, 4.69) is 25.7 Å². The van der Waals surface area contributed by atoms with E-state index in [4.69, 9.17) is 0 Å². The maximum Gasteiger partial charge on any atom is 0.573 e. The minimum Gasteiger partial charge on any atom is -0.401 e. The van der Waals surface area contributed by atoms with Gasteiger partial charge in [0.25, 0.3) is 5.95 Å². The van der Waals surface area contributed by atoms with Gasteiger partial charge < -0.3 is 4.74 Å². The van der Waals surface area contributed by atoms with Crippen molar-refractivity contribution in [2.75, 3.05) is 0 Å². The summed E-state index contributed by atoms with van der Waals surface area (Å²) in [6, 6.07) is -0.0770. The fourth-order valence-corrected chi connectivity index (χ4v) is 1.48. The Labute approximate surface area is 104 Å². The minimum atomic E-state index is -5.30. The first-order valence-electron chi connectivity index (χ1n) is 4.13. The lowest BCUT2D eigenvalue weighted by molar-refractivity contribution is -0.276. The lowest BCUT2D eigenvalue weighted by atomic mass is 10.2. The fraction of sp³-hybridized carbons (Fsp3) is 0.375. The van der Waals surface area contributed by atoms with Crippen LogP contribution < -0.4 is 4.74 Å². The highest BCUT2D eigenvalue weighted by atomic mass is 79.9. The zero-order valence-electron chi connectivity index (χ0n) is 8.16. The van der Waals surface area contributed by atoms with Gasteiger partial charge in [-0.15, -0.1) is 13.2 Å². The summed E-state index contributed by atoms with van der Waals surface area (Å²) >= 11 is 2.63. The van der Waals surface area contributed by atoms with E-state index in [9.17, 15) is 30.7 Å². The molecule has 0 radical (unpaired) electrons. The zero-order chi connectivity index (χ0) is 14.1. The summed E-state index contributed by atoms with van der Waals surface area (Å²) in [6.45, 7) is 0. The number of rotatable bonds is 2. The standard InChI is InChI=1S/C8H3BrF7NO/c9-2-4-3(7(11,12)13)1-5(6(10)17-4)18-8(14,15)16/h1H,2H2. The summed E-state index contributed by atoms with van der Waals surface area (Å²) < 4.78 is 89.0. The lowest BCUT2D eigenvalue weighted by Crippen LogP contribution is -2.20. The van der Waals surface area contributed by atoms with Crippen molar-refractivity contribution in [1.29, 1.82) is 0 Å². The molecule has 10 heteroatoms. The van der Waals surface area contributed by atoms with Crippen LogP contribution in [-0.4, -0.2) is 11.3 Å². The van der Waals surface area contributed by atoms with Crippen molar-refractivity contribution in [2.45, 2.75) is 17.9 Å². The van der Waals surface area contributed by atoms with E-state index in [1.54, 1.807) is 0 Å². The Morgan fingerprint density at radius 2 is 1.72 bits per heavy atom. The van der Waals surface area contributed by atoms with Gasteiger partial charge in [-0.2, -0.15) is 17.6 Å². The summed E-state index contributed by atoms with van der Waals surface area (Å²) in [4.78, 5) is 2.78. The van der Waals surface area contributed by atoms with E-state index >= 15 is 0 Å². The van der Waals surface area contributed by atoms with Crippen LogP contribution in [0.5, 0.6) is 5.75 Å². The Morgan fingerprint density at radius 1 is 1.17 bits per heavy atom. The molecule has 0 atom stereocenters. The molecule has 0 aliphatic rings. The third-order valence-corrected chi connectivity index (χ3v) is 2.21. The normalized spacial score (nSPS) is 12.7. The van der Waals surface area contributed by atoms with Crippen LogP contribution in [0.25, 0.3) is 0 Å². The molecule has 0 fully saturated rings. The number of hydrogen-bond donors (Lipinski definition) is 0. The molecule has 0 spiro atoms. The van der Waals surface area contributed by atoms with Gasteiger partial charge in [0.2, 0.25) is 0 Å². The second-order valence-corrected chi connectivity index (χ2v) is 3.51. The van der Waals surface area contributed by atoms with Crippen LogP contribution in [0.3, 0.4) is 0 Å². The van der Waals surface area contributed by atoms with Crippen molar-refractivity contribution in [2.24, 2.45) is 0 Å². The molecule has 0 bridgehead atoms. The van der Waals surface area contributed by atoms with Gasteiger partial charge in [0.15, 0.2) is 5.75 Å². The summed E-state index contributed by atoms with van der Waals surface area (Å²) in [7, 11) is 0. The Bertz CT molecular complexity index is 442. The Kier molecular flexibility index (Phi) is 4.08. The van der Waals surface area contributed by atoms with Crippen LogP contribution in [0, 0.1) is 5.95 Å².